The van der Waals surface area contributed by atoms with Gasteiger partial charge in [0.15, 0.2) is 0 Å². The molecule has 8 nitrogen and oxygen atoms in total. The lowest BCUT2D eigenvalue weighted by atomic mass is 10.0. The fraction of sp³-hybridized carbons (Fsp3) is 0.417. The van der Waals surface area contributed by atoms with E-state index in [1.54, 1.807) is 40.1 Å². The number of ether oxygens (including phenoxy) is 1. The van der Waals surface area contributed by atoms with E-state index in [0.717, 1.165) is 23.7 Å². The van der Waals surface area contributed by atoms with E-state index in [9.17, 15) is 18.0 Å². The molecule has 0 aromatic heterocycles. The van der Waals surface area contributed by atoms with Crippen molar-refractivity contribution in [2.45, 2.75) is 57.1 Å². The first kappa shape index (κ1) is 26.4. The topological polar surface area (TPSA) is 110 Å². The number of carbonyl (C=O) groups is 2. The van der Waals surface area contributed by atoms with Gasteiger partial charge in [-0.1, -0.05) is 54.1 Å². The summed E-state index contributed by atoms with van der Waals surface area (Å²) in [6.45, 7) is 5.73. The molecule has 2 aromatic rings. The third kappa shape index (κ3) is 5.89. The van der Waals surface area contributed by atoms with Gasteiger partial charge >= 0.3 is 6.09 Å². The van der Waals surface area contributed by atoms with E-state index in [-0.39, 0.29) is 29.5 Å². The number of hydrogen-bond acceptors (Lipinski definition) is 5. The van der Waals surface area contributed by atoms with E-state index in [1.165, 1.54) is 19.1 Å². The summed E-state index contributed by atoms with van der Waals surface area (Å²) in [6.07, 6.45) is 1.84. The van der Waals surface area contributed by atoms with E-state index in [1.807, 2.05) is 6.92 Å². The molecular weight excluding hydrogens is 569 g/mol. The molecule has 0 aliphatic carbocycles. The first-order valence-corrected chi connectivity index (χ1v) is 14.2. The summed E-state index contributed by atoms with van der Waals surface area (Å²) in [7, 11) is -3.86. The first-order chi connectivity index (χ1) is 16.1. The van der Waals surface area contributed by atoms with Gasteiger partial charge in [0.25, 0.3) is 0 Å². The van der Waals surface area contributed by atoms with Crippen LogP contribution in [0, 0.1) is 0 Å². The van der Waals surface area contributed by atoms with Crippen LogP contribution in [0.25, 0.3) is 11.1 Å². The summed E-state index contributed by atoms with van der Waals surface area (Å²) in [5, 5.41) is 5.30. The zero-order chi connectivity index (χ0) is 25.0. The van der Waals surface area contributed by atoms with Gasteiger partial charge in [0, 0.05) is 17.9 Å². The molecule has 0 saturated carbocycles. The predicted octanol–water partition coefficient (Wildman–Crippen LogP) is 4.69. The predicted molar refractivity (Wildman–Crippen MR) is 142 cm³/mol. The largest absolute Gasteiger partial charge is 0.446 e. The molecule has 0 bridgehead atoms. The third-order valence-corrected chi connectivity index (χ3v) is 7.31. The minimum Gasteiger partial charge on any atom is -0.446 e. The Morgan fingerprint density at radius 2 is 1.85 bits per heavy atom. The zero-order valence-electron chi connectivity index (χ0n) is 19.5. The standard InChI is InChI=1S/C24H30IN3O5S/c1-4-6-20(11-12-25)33-24(30)27-15-16(2)28(17(3)29)22-10-9-19(14-23(22)27)18-7-5-8-21(13-18)34(26,31)32/h5,7-10,13-14,16,20H,4,6,11-12,15H2,1-3H3,(H2,26,31,32)/t16-,20?/m0/s1. The van der Waals surface area contributed by atoms with E-state index < -0.39 is 16.1 Å². The molecule has 2 N–H and O–H groups in total. The van der Waals surface area contributed by atoms with Crippen molar-refractivity contribution < 1.29 is 22.7 Å². The maximum absolute atomic E-state index is 13.3. The van der Waals surface area contributed by atoms with Crippen molar-refractivity contribution in [3.8, 4) is 11.1 Å². The molecule has 1 heterocycles. The van der Waals surface area contributed by atoms with Gasteiger partial charge in [-0.3, -0.25) is 9.69 Å². The maximum Gasteiger partial charge on any atom is 0.414 e. The highest BCUT2D eigenvalue weighted by Gasteiger charge is 2.35. The van der Waals surface area contributed by atoms with Crippen molar-refractivity contribution in [2.75, 3.05) is 20.8 Å². The van der Waals surface area contributed by atoms with Gasteiger partial charge < -0.3 is 9.64 Å². The van der Waals surface area contributed by atoms with Crippen LogP contribution in [0.2, 0.25) is 0 Å². The van der Waals surface area contributed by atoms with Crippen molar-refractivity contribution in [1.29, 1.82) is 0 Å². The number of benzene rings is 2. The second-order valence-corrected chi connectivity index (χ2v) is 11.0. The van der Waals surface area contributed by atoms with Crippen molar-refractivity contribution in [3.63, 3.8) is 0 Å². The summed E-state index contributed by atoms with van der Waals surface area (Å²) < 4.78 is 30.4. The van der Waals surface area contributed by atoms with Gasteiger partial charge in [0.05, 0.1) is 22.3 Å². The number of alkyl halides is 1. The number of anilines is 2. The van der Waals surface area contributed by atoms with E-state index in [4.69, 9.17) is 9.88 Å². The highest BCUT2D eigenvalue weighted by atomic mass is 127. The highest BCUT2D eigenvalue weighted by molar-refractivity contribution is 14.1. The first-order valence-electron chi connectivity index (χ1n) is 11.2. The number of sulfonamides is 1. The molecule has 10 heteroatoms. The van der Waals surface area contributed by atoms with Gasteiger partial charge in [-0.25, -0.2) is 18.4 Å². The third-order valence-electron chi connectivity index (χ3n) is 5.78. The van der Waals surface area contributed by atoms with Crippen LogP contribution >= 0.6 is 22.6 Å². The summed E-state index contributed by atoms with van der Waals surface area (Å²) in [5.41, 5.74) is 2.47. The Morgan fingerprint density at radius 3 is 2.47 bits per heavy atom. The lowest BCUT2D eigenvalue weighted by Crippen LogP contribution is -2.52. The Morgan fingerprint density at radius 1 is 1.15 bits per heavy atom. The van der Waals surface area contributed by atoms with Gasteiger partial charge in [-0.05, 0) is 55.2 Å². The van der Waals surface area contributed by atoms with Crippen LogP contribution in [0.3, 0.4) is 0 Å². The normalized spacial score (nSPS) is 16.7. The summed E-state index contributed by atoms with van der Waals surface area (Å²) in [4.78, 5) is 28.9. The Kier molecular flexibility index (Phi) is 8.58. The quantitative estimate of drug-likeness (QED) is 0.367. The van der Waals surface area contributed by atoms with Crippen LogP contribution in [0.1, 0.15) is 40.0 Å². The van der Waals surface area contributed by atoms with E-state index in [2.05, 4.69) is 29.5 Å². The number of carbonyl (C=O) groups excluding carboxylic acids is 2. The van der Waals surface area contributed by atoms with Crippen LogP contribution in [0.15, 0.2) is 47.4 Å². The van der Waals surface area contributed by atoms with Crippen LogP contribution in [-0.4, -0.2) is 43.5 Å². The molecule has 2 aromatic carbocycles. The molecule has 1 unspecified atom stereocenters. The molecule has 3 rings (SSSR count). The Bertz CT molecular complexity index is 1160. The van der Waals surface area contributed by atoms with Crippen LogP contribution < -0.4 is 14.9 Å². The highest BCUT2D eigenvalue weighted by Crippen LogP contribution is 2.39. The minimum absolute atomic E-state index is 0.000762. The molecule has 0 radical (unpaired) electrons. The zero-order valence-corrected chi connectivity index (χ0v) is 22.5. The van der Waals surface area contributed by atoms with Crippen molar-refractivity contribution in [2.24, 2.45) is 5.14 Å². The molecule has 184 valence electrons. The van der Waals surface area contributed by atoms with Gasteiger partial charge in [-0.15, -0.1) is 0 Å². The second-order valence-electron chi connectivity index (χ2n) is 8.40. The van der Waals surface area contributed by atoms with Crippen molar-refractivity contribution in [1.82, 2.24) is 0 Å². The van der Waals surface area contributed by atoms with Gasteiger partial charge in [0.2, 0.25) is 15.9 Å². The molecule has 1 aliphatic heterocycles. The van der Waals surface area contributed by atoms with E-state index in [0.29, 0.717) is 22.5 Å². The molecule has 0 fully saturated rings. The molecule has 1 aliphatic rings. The van der Waals surface area contributed by atoms with E-state index >= 15 is 0 Å². The fourth-order valence-corrected chi connectivity index (χ4v) is 5.48. The number of hydrogen-bond donors (Lipinski definition) is 1. The number of rotatable bonds is 7. The van der Waals surface area contributed by atoms with Crippen LogP contribution in [-0.2, 0) is 19.6 Å². The van der Waals surface area contributed by atoms with Crippen molar-refractivity contribution >= 4 is 56.0 Å². The average Bonchev–Trinajstić information content (AvgIpc) is 2.77. The average molecular weight is 599 g/mol. The molecule has 34 heavy (non-hydrogen) atoms. The fourth-order valence-electron chi connectivity index (χ4n) is 4.22. The smallest absolute Gasteiger partial charge is 0.414 e. The lowest BCUT2D eigenvalue weighted by Gasteiger charge is -2.40. The minimum atomic E-state index is -3.86. The number of primary sulfonamides is 1. The summed E-state index contributed by atoms with van der Waals surface area (Å²) in [6, 6.07) is 11.4. The van der Waals surface area contributed by atoms with Crippen molar-refractivity contribution in [3.05, 3.63) is 42.5 Å². The number of fused-ring (bicyclic) bond motifs is 1. The SMILES string of the molecule is CCCC(CCI)OC(=O)N1C[C@H](C)N(C(C)=O)c2ccc(-c3cccc(S(N)(=O)=O)c3)cc21. The number of amides is 2. The lowest BCUT2D eigenvalue weighted by molar-refractivity contribution is -0.117. The van der Waals surface area contributed by atoms with Crippen LogP contribution in [0.4, 0.5) is 16.2 Å². The Hall–Kier alpha value is -2.18. The maximum atomic E-state index is 13.3. The number of nitrogens with zero attached hydrogens (tertiary/aromatic N) is 2. The molecule has 2 amide bonds. The molecular formula is C24H30IN3O5S. The molecule has 0 saturated heterocycles. The van der Waals surface area contributed by atoms with Gasteiger partial charge in [-0.2, -0.15) is 0 Å². The Labute approximate surface area is 214 Å². The summed E-state index contributed by atoms with van der Waals surface area (Å²) >= 11 is 2.27. The summed E-state index contributed by atoms with van der Waals surface area (Å²) in [5.74, 6) is -0.125. The number of halogens is 1. The molecule has 2 atom stereocenters. The molecule has 0 spiro atoms. The Balaban J connectivity index is 2.06. The van der Waals surface area contributed by atoms with Crippen LogP contribution in [0.5, 0.6) is 0 Å². The van der Waals surface area contributed by atoms with Gasteiger partial charge in [0.1, 0.15) is 6.10 Å². The number of nitrogens with two attached hydrogens (primary N) is 1. The monoisotopic (exact) mass is 599 g/mol. The second kappa shape index (κ2) is 11.0.